The van der Waals surface area contributed by atoms with E-state index < -0.39 is 0 Å². The molecular formula is C15H24N2O2. The van der Waals surface area contributed by atoms with Gasteiger partial charge in [-0.05, 0) is 49.9 Å². The fourth-order valence-electron chi connectivity index (χ4n) is 2.68. The van der Waals surface area contributed by atoms with E-state index in [1.165, 1.54) is 18.4 Å². The molecule has 0 unspecified atom stereocenters. The Morgan fingerprint density at radius 1 is 1.32 bits per heavy atom. The molecule has 1 aliphatic rings. The van der Waals surface area contributed by atoms with Crippen LogP contribution in [0.15, 0.2) is 24.5 Å². The molecule has 0 atom stereocenters. The average Bonchev–Trinajstić information content (AvgIpc) is 2.47. The Morgan fingerprint density at radius 3 is 2.63 bits per heavy atom. The molecule has 2 heterocycles. The highest BCUT2D eigenvalue weighted by Crippen LogP contribution is 2.21. The molecule has 4 heteroatoms. The lowest BCUT2D eigenvalue weighted by molar-refractivity contribution is -0.118. The Labute approximate surface area is 115 Å². The lowest BCUT2D eigenvalue weighted by Gasteiger charge is -2.33. The summed E-state index contributed by atoms with van der Waals surface area (Å²) in [7, 11) is 3.40. The van der Waals surface area contributed by atoms with E-state index in [-0.39, 0.29) is 6.29 Å². The quantitative estimate of drug-likeness (QED) is 0.736. The van der Waals surface area contributed by atoms with Crippen LogP contribution in [0.25, 0.3) is 0 Å². The smallest absolute Gasteiger partial charge is 0.169 e. The summed E-state index contributed by atoms with van der Waals surface area (Å²) in [5.41, 5.74) is 1.35. The lowest BCUT2D eigenvalue weighted by Crippen LogP contribution is -2.40. The number of aromatic nitrogens is 1. The molecule has 1 saturated heterocycles. The van der Waals surface area contributed by atoms with Gasteiger partial charge in [-0.3, -0.25) is 9.88 Å². The highest BCUT2D eigenvalue weighted by molar-refractivity contribution is 5.09. The fraction of sp³-hybridized carbons (Fsp3) is 0.667. The van der Waals surface area contributed by atoms with E-state index in [2.05, 4.69) is 16.0 Å². The van der Waals surface area contributed by atoms with Gasteiger partial charge in [0, 0.05) is 33.2 Å². The number of nitrogens with zero attached hydrogens (tertiary/aromatic N) is 2. The number of rotatable bonds is 6. The Kier molecular flexibility index (Phi) is 5.76. The zero-order valence-electron chi connectivity index (χ0n) is 11.9. The van der Waals surface area contributed by atoms with Gasteiger partial charge >= 0.3 is 0 Å². The summed E-state index contributed by atoms with van der Waals surface area (Å²) >= 11 is 0. The monoisotopic (exact) mass is 264 g/mol. The molecule has 19 heavy (non-hydrogen) atoms. The molecule has 0 saturated carbocycles. The van der Waals surface area contributed by atoms with Crippen molar-refractivity contribution in [3.63, 3.8) is 0 Å². The number of pyridine rings is 1. The fourth-order valence-corrected chi connectivity index (χ4v) is 2.68. The van der Waals surface area contributed by atoms with Gasteiger partial charge in [0.05, 0.1) is 0 Å². The second kappa shape index (κ2) is 7.58. The van der Waals surface area contributed by atoms with Crippen molar-refractivity contribution in [3.8, 4) is 0 Å². The molecule has 0 aromatic carbocycles. The van der Waals surface area contributed by atoms with Gasteiger partial charge in [-0.15, -0.1) is 0 Å². The molecule has 1 aromatic heterocycles. The summed E-state index contributed by atoms with van der Waals surface area (Å²) < 4.78 is 10.5. The average molecular weight is 264 g/mol. The first-order chi connectivity index (χ1) is 9.31. The number of piperidine rings is 1. The maximum Gasteiger partial charge on any atom is 0.169 e. The maximum absolute atomic E-state index is 5.25. The van der Waals surface area contributed by atoms with Gasteiger partial charge < -0.3 is 9.47 Å². The second-order valence-corrected chi connectivity index (χ2v) is 5.21. The van der Waals surface area contributed by atoms with Crippen LogP contribution in [0.2, 0.25) is 0 Å². The molecular weight excluding hydrogens is 240 g/mol. The van der Waals surface area contributed by atoms with E-state index in [9.17, 15) is 0 Å². The van der Waals surface area contributed by atoms with Crippen LogP contribution in [0.3, 0.4) is 0 Å². The van der Waals surface area contributed by atoms with Gasteiger partial charge in [0.1, 0.15) is 0 Å². The molecule has 1 aromatic rings. The maximum atomic E-state index is 5.25. The van der Waals surface area contributed by atoms with E-state index in [4.69, 9.17) is 9.47 Å². The van der Waals surface area contributed by atoms with Gasteiger partial charge in [-0.25, -0.2) is 0 Å². The zero-order valence-corrected chi connectivity index (χ0v) is 11.9. The molecule has 1 fully saturated rings. The molecule has 0 radical (unpaired) electrons. The van der Waals surface area contributed by atoms with Crippen LogP contribution in [0, 0.1) is 5.92 Å². The first-order valence-corrected chi connectivity index (χ1v) is 6.98. The van der Waals surface area contributed by atoms with Crippen molar-refractivity contribution >= 4 is 0 Å². The Morgan fingerprint density at radius 2 is 2.05 bits per heavy atom. The van der Waals surface area contributed by atoms with E-state index in [0.29, 0.717) is 0 Å². The van der Waals surface area contributed by atoms with E-state index in [1.807, 2.05) is 18.5 Å². The SMILES string of the molecule is COC(CN1CCC(Cc2cccnc2)CC1)OC. The number of hydrogen-bond donors (Lipinski definition) is 0. The predicted octanol–water partition coefficient (Wildman–Crippen LogP) is 1.96. The van der Waals surface area contributed by atoms with Crippen molar-refractivity contribution in [3.05, 3.63) is 30.1 Å². The van der Waals surface area contributed by atoms with Crippen LogP contribution in [0.1, 0.15) is 18.4 Å². The highest BCUT2D eigenvalue weighted by Gasteiger charge is 2.21. The molecule has 0 aliphatic carbocycles. The minimum Gasteiger partial charge on any atom is -0.355 e. The van der Waals surface area contributed by atoms with E-state index in [0.717, 1.165) is 32.0 Å². The summed E-state index contributed by atoms with van der Waals surface area (Å²) in [4.78, 5) is 6.61. The third-order valence-corrected chi connectivity index (χ3v) is 3.89. The number of ether oxygens (including phenoxy) is 2. The molecule has 0 amide bonds. The van der Waals surface area contributed by atoms with Gasteiger partial charge in [0.2, 0.25) is 0 Å². The first kappa shape index (κ1) is 14.4. The van der Waals surface area contributed by atoms with Crippen LogP contribution in [-0.4, -0.2) is 50.0 Å². The molecule has 106 valence electrons. The minimum atomic E-state index is -0.102. The van der Waals surface area contributed by atoms with Crippen LogP contribution < -0.4 is 0 Å². The van der Waals surface area contributed by atoms with Crippen molar-refractivity contribution in [1.29, 1.82) is 0 Å². The Balaban J connectivity index is 1.73. The number of methoxy groups -OCH3 is 2. The summed E-state index contributed by atoms with van der Waals surface area (Å²) in [6, 6.07) is 4.19. The topological polar surface area (TPSA) is 34.6 Å². The van der Waals surface area contributed by atoms with E-state index >= 15 is 0 Å². The summed E-state index contributed by atoms with van der Waals surface area (Å²) in [5, 5.41) is 0. The standard InChI is InChI=1S/C15H24N2O2/c1-18-15(19-2)12-17-8-5-13(6-9-17)10-14-4-3-7-16-11-14/h3-4,7,11,13,15H,5-6,8-10,12H2,1-2H3. The van der Waals surface area contributed by atoms with Gasteiger partial charge in [-0.2, -0.15) is 0 Å². The summed E-state index contributed by atoms with van der Waals surface area (Å²) in [5.74, 6) is 0.781. The molecule has 2 rings (SSSR count). The largest absolute Gasteiger partial charge is 0.355 e. The third kappa shape index (κ3) is 4.56. The van der Waals surface area contributed by atoms with Gasteiger partial charge in [0.15, 0.2) is 6.29 Å². The third-order valence-electron chi connectivity index (χ3n) is 3.89. The van der Waals surface area contributed by atoms with Crippen LogP contribution in [0.4, 0.5) is 0 Å². The van der Waals surface area contributed by atoms with Crippen molar-refractivity contribution in [2.45, 2.75) is 25.6 Å². The summed E-state index contributed by atoms with van der Waals surface area (Å²) in [6.45, 7) is 3.13. The van der Waals surface area contributed by atoms with Crippen molar-refractivity contribution in [2.75, 3.05) is 33.9 Å². The number of hydrogen-bond acceptors (Lipinski definition) is 4. The molecule has 0 N–H and O–H groups in total. The van der Waals surface area contributed by atoms with Crippen LogP contribution >= 0.6 is 0 Å². The molecule has 1 aliphatic heterocycles. The summed E-state index contributed by atoms with van der Waals surface area (Å²) in [6.07, 6.45) is 7.36. The number of likely N-dealkylation sites (tertiary alicyclic amines) is 1. The Bertz CT molecular complexity index is 346. The predicted molar refractivity (Wildman–Crippen MR) is 74.9 cm³/mol. The van der Waals surface area contributed by atoms with Crippen molar-refractivity contribution in [2.24, 2.45) is 5.92 Å². The Hall–Kier alpha value is -0.970. The molecule has 4 nitrogen and oxygen atoms in total. The molecule has 0 bridgehead atoms. The van der Waals surface area contributed by atoms with Gasteiger partial charge in [-0.1, -0.05) is 6.07 Å². The highest BCUT2D eigenvalue weighted by atomic mass is 16.7. The second-order valence-electron chi connectivity index (χ2n) is 5.21. The normalized spacial score (nSPS) is 18.1. The first-order valence-electron chi connectivity index (χ1n) is 6.98. The molecule has 0 spiro atoms. The van der Waals surface area contributed by atoms with Crippen LogP contribution in [-0.2, 0) is 15.9 Å². The lowest BCUT2D eigenvalue weighted by atomic mass is 9.91. The van der Waals surface area contributed by atoms with Crippen molar-refractivity contribution in [1.82, 2.24) is 9.88 Å². The minimum absolute atomic E-state index is 0.102. The zero-order chi connectivity index (χ0) is 13.5. The van der Waals surface area contributed by atoms with Gasteiger partial charge in [0.25, 0.3) is 0 Å². The van der Waals surface area contributed by atoms with E-state index in [1.54, 1.807) is 14.2 Å². The van der Waals surface area contributed by atoms with Crippen LogP contribution in [0.5, 0.6) is 0 Å². The van der Waals surface area contributed by atoms with Crippen molar-refractivity contribution < 1.29 is 9.47 Å².